The van der Waals surface area contributed by atoms with Gasteiger partial charge in [-0.25, -0.2) is 13.9 Å². The summed E-state index contributed by atoms with van der Waals surface area (Å²) in [4.78, 5) is 29.2. The normalized spacial score (nSPS) is 14.6. The zero-order valence-corrected chi connectivity index (χ0v) is 19.5. The van der Waals surface area contributed by atoms with E-state index in [0.29, 0.717) is 55.2 Å². The Kier molecular flexibility index (Phi) is 7.37. The van der Waals surface area contributed by atoms with Gasteiger partial charge in [-0.2, -0.15) is 5.10 Å². The molecule has 0 aliphatic carbocycles. The third-order valence-electron chi connectivity index (χ3n) is 6.09. The zero-order valence-electron chi connectivity index (χ0n) is 19.5. The van der Waals surface area contributed by atoms with E-state index in [9.17, 15) is 14.0 Å². The van der Waals surface area contributed by atoms with Crippen molar-refractivity contribution in [2.45, 2.75) is 26.8 Å². The molecule has 178 valence electrons. The molecule has 0 saturated carbocycles. The number of carbonyl (C=O) groups excluding carboxylic acids is 2. The van der Waals surface area contributed by atoms with Gasteiger partial charge in [-0.1, -0.05) is 18.2 Å². The third kappa shape index (κ3) is 5.17. The van der Waals surface area contributed by atoms with E-state index >= 15 is 0 Å². The van der Waals surface area contributed by atoms with Crippen molar-refractivity contribution >= 4 is 11.9 Å². The fourth-order valence-electron chi connectivity index (χ4n) is 4.21. The molecule has 1 aromatic heterocycles. The van der Waals surface area contributed by atoms with Crippen LogP contribution in [0.25, 0.3) is 5.69 Å². The minimum atomic E-state index is -0.400. The van der Waals surface area contributed by atoms with Gasteiger partial charge in [0, 0.05) is 43.9 Å². The fourth-order valence-corrected chi connectivity index (χ4v) is 4.21. The molecule has 8 heteroatoms. The molecule has 0 radical (unpaired) electrons. The summed E-state index contributed by atoms with van der Waals surface area (Å²) in [5.41, 5.74) is 3.14. The summed E-state index contributed by atoms with van der Waals surface area (Å²) in [6.07, 6.45) is 2.33. The first kappa shape index (κ1) is 23.6. The summed E-state index contributed by atoms with van der Waals surface area (Å²) < 4.78 is 20.7. The molecule has 1 fully saturated rings. The van der Waals surface area contributed by atoms with Gasteiger partial charge >= 0.3 is 5.97 Å². The van der Waals surface area contributed by atoms with Crippen molar-refractivity contribution in [1.82, 2.24) is 19.6 Å². The summed E-state index contributed by atoms with van der Waals surface area (Å²) in [6.45, 7) is 7.18. The smallest absolute Gasteiger partial charge is 0.341 e. The Morgan fingerprint density at radius 1 is 1.03 bits per heavy atom. The van der Waals surface area contributed by atoms with Crippen LogP contribution in [0.2, 0.25) is 0 Å². The maximum atomic E-state index is 14.0. The van der Waals surface area contributed by atoms with Gasteiger partial charge < -0.3 is 9.64 Å². The van der Waals surface area contributed by atoms with Crippen LogP contribution in [0.4, 0.5) is 4.39 Å². The van der Waals surface area contributed by atoms with E-state index in [-0.39, 0.29) is 11.7 Å². The maximum absolute atomic E-state index is 14.0. The molecule has 1 amide bonds. The largest absolute Gasteiger partial charge is 0.462 e. The Morgan fingerprint density at radius 2 is 1.79 bits per heavy atom. The number of amides is 1. The average Bonchev–Trinajstić information content (AvgIpc) is 3.07. The molecule has 0 atom stereocenters. The Bertz CT molecular complexity index is 1160. The molecule has 0 unspecified atom stereocenters. The molecular formula is C26H29FN4O3. The van der Waals surface area contributed by atoms with E-state index in [1.54, 1.807) is 29.8 Å². The number of hydrogen-bond acceptors (Lipinski definition) is 5. The van der Waals surface area contributed by atoms with E-state index in [4.69, 9.17) is 4.74 Å². The number of esters is 1. The highest BCUT2D eigenvalue weighted by Gasteiger charge is 2.21. The molecule has 34 heavy (non-hydrogen) atoms. The molecule has 0 spiro atoms. The van der Waals surface area contributed by atoms with Gasteiger partial charge in [0.25, 0.3) is 5.91 Å². The van der Waals surface area contributed by atoms with Gasteiger partial charge in [0.05, 0.1) is 24.2 Å². The van der Waals surface area contributed by atoms with E-state index in [0.717, 1.165) is 18.7 Å². The Balaban J connectivity index is 1.40. The first-order chi connectivity index (χ1) is 16.5. The Hall–Kier alpha value is -3.52. The van der Waals surface area contributed by atoms with Gasteiger partial charge in [-0.15, -0.1) is 0 Å². The predicted molar refractivity (Wildman–Crippen MR) is 126 cm³/mol. The topological polar surface area (TPSA) is 67.7 Å². The molecular weight excluding hydrogens is 435 g/mol. The number of nitrogens with zero attached hydrogens (tertiary/aromatic N) is 4. The molecule has 7 nitrogen and oxygen atoms in total. The number of ether oxygens (including phenoxy) is 1. The Morgan fingerprint density at radius 3 is 2.53 bits per heavy atom. The molecule has 0 N–H and O–H groups in total. The van der Waals surface area contributed by atoms with Gasteiger partial charge in [0.1, 0.15) is 11.4 Å². The second-order valence-corrected chi connectivity index (χ2v) is 8.34. The lowest BCUT2D eigenvalue weighted by Crippen LogP contribution is -2.35. The first-order valence-electron chi connectivity index (χ1n) is 11.5. The number of halogens is 1. The SMILES string of the molecule is CCOC(=O)c1cnn(-c2ccc(C(=O)N3CCCN(Cc4ccccc4F)CC3)cc2)c1C. The van der Waals surface area contributed by atoms with Gasteiger partial charge in [-0.05, 0) is 50.6 Å². The first-order valence-corrected chi connectivity index (χ1v) is 11.5. The minimum absolute atomic E-state index is 0.0244. The summed E-state index contributed by atoms with van der Waals surface area (Å²) >= 11 is 0. The summed E-state index contributed by atoms with van der Waals surface area (Å²) in [7, 11) is 0. The number of hydrogen-bond donors (Lipinski definition) is 0. The van der Waals surface area contributed by atoms with Crippen LogP contribution in [0.15, 0.2) is 54.7 Å². The molecule has 2 aromatic carbocycles. The van der Waals surface area contributed by atoms with Crippen LogP contribution >= 0.6 is 0 Å². The molecule has 2 heterocycles. The monoisotopic (exact) mass is 464 g/mol. The fraction of sp³-hybridized carbons (Fsp3) is 0.346. The van der Waals surface area contributed by atoms with Gasteiger partial charge in [0.15, 0.2) is 0 Å². The second-order valence-electron chi connectivity index (χ2n) is 8.34. The number of carbonyl (C=O) groups is 2. The van der Waals surface area contributed by atoms with Crippen LogP contribution < -0.4 is 0 Å². The van der Waals surface area contributed by atoms with E-state index < -0.39 is 5.97 Å². The molecule has 3 aromatic rings. The van der Waals surface area contributed by atoms with Crippen LogP contribution in [-0.2, 0) is 11.3 Å². The predicted octanol–water partition coefficient (Wildman–Crippen LogP) is 3.84. The third-order valence-corrected chi connectivity index (χ3v) is 6.09. The molecule has 1 aliphatic rings. The summed E-state index contributed by atoms with van der Waals surface area (Å²) in [6, 6.07) is 14.0. The molecule has 4 rings (SSSR count). The van der Waals surface area contributed by atoms with Crippen molar-refractivity contribution in [1.29, 1.82) is 0 Å². The zero-order chi connectivity index (χ0) is 24.1. The average molecular weight is 465 g/mol. The van der Waals surface area contributed by atoms with Crippen molar-refractivity contribution in [3.05, 3.63) is 82.9 Å². The van der Waals surface area contributed by atoms with E-state index in [1.165, 1.54) is 12.3 Å². The lowest BCUT2D eigenvalue weighted by molar-refractivity contribution is 0.0525. The molecule has 1 aliphatic heterocycles. The highest BCUT2D eigenvalue weighted by molar-refractivity contribution is 5.94. The minimum Gasteiger partial charge on any atom is -0.462 e. The second kappa shape index (κ2) is 10.6. The number of rotatable bonds is 6. The van der Waals surface area contributed by atoms with Crippen molar-refractivity contribution in [3.63, 3.8) is 0 Å². The van der Waals surface area contributed by atoms with Crippen molar-refractivity contribution in [2.75, 3.05) is 32.8 Å². The maximum Gasteiger partial charge on any atom is 0.341 e. The van der Waals surface area contributed by atoms with Crippen LogP contribution in [-0.4, -0.2) is 64.2 Å². The highest BCUT2D eigenvalue weighted by Crippen LogP contribution is 2.18. The summed E-state index contributed by atoms with van der Waals surface area (Å²) in [5.74, 6) is -0.617. The van der Waals surface area contributed by atoms with Crippen molar-refractivity contribution < 1.29 is 18.7 Å². The number of aromatic nitrogens is 2. The van der Waals surface area contributed by atoms with Gasteiger partial charge in [-0.3, -0.25) is 9.69 Å². The van der Waals surface area contributed by atoms with Crippen molar-refractivity contribution in [3.8, 4) is 5.69 Å². The van der Waals surface area contributed by atoms with Crippen LogP contribution in [0.3, 0.4) is 0 Å². The van der Waals surface area contributed by atoms with Gasteiger partial charge in [0.2, 0.25) is 0 Å². The van der Waals surface area contributed by atoms with Crippen LogP contribution in [0, 0.1) is 12.7 Å². The Labute approximate surface area is 198 Å². The van der Waals surface area contributed by atoms with Crippen LogP contribution in [0.5, 0.6) is 0 Å². The van der Waals surface area contributed by atoms with E-state index in [1.807, 2.05) is 36.1 Å². The number of benzene rings is 2. The summed E-state index contributed by atoms with van der Waals surface area (Å²) in [5, 5.41) is 4.30. The highest BCUT2D eigenvalue weighted by atomic mass is 19.1. The van der Waals surface area contributed by atoms with Crippen LogP contribution in [0.1, 0.15) is 45.3 Å². The lowest BCUT2D eigenvalue weighted by atomic mass is 10.1. The van der Waals surface area contributed by atoms with Crippen molar-refractivity contribution in [2.24, 2.45) is 0 Å². The quantitative estimate of drug-likeness (QED) is 0.519. The van der Waals surface area contributed by atoms with E-state index in [2.05, 4.69) is 10.00 Å². The lowest BCUT2D eigenvalue weighted by Gasteiger charge is -2.22. The molecule has 1 saturated heterocycles. The standard InChI is InChI=1S/C26H29FN4O3/c1-3-34-26(33)23-17-28-31(19(23)2)22-11-9-20(10-12-22)25(32)30-14-6-13-29(15-16-30)18-21-7-4-5-8-24(21)27/h4-5,7-12,17H,3,6,13-16,18H2,1-2H3. The molecule has 0 bridgehead atoms.